The van der Waals surface area contributed by atoms with Crippen LogP contribution in [0.1, 0.15) is 15.2 Å². The predicted molar refractivity (Wildman–Crippen MR) is 35.9 cm³/mol. The first-order valence-corrected chi connectivity index (χ1v) is 2.58. The molecule has 0 radical (unpaired) electrons. The first kappa shape index (κ1) is 2.67. The molecule has 0 fully saturated rings. The van der Waals surface area contributed by atoms with Gasteiger partial charge in [-0.15, -0.1) is 0 Å². The molecule has 0 N–H and O–H groups in total. The summed E-state index contributed by atoms with van der Waals surface area (Å²) in [4.78, 5) is 0. The van der Waals surface area contributed by atoms with E-state index >= 15 is 0 Å². The van der Waals surface area contributed by atoms with Gasteiger partial charge in [0.2, 0.25) is 0 Å². The van der Waals surface area contributed by atoms with Crippen molar-refractivity contribution >= 4 is 0 Å². The summed E-state index contributed by atoms with van der Waals surface area (Å²) >= 11 is 0. The van der Waals surface area contributed by atoms with E-state index in [1.807, 2.05) is 0 Å². The smallest absolute Gasteiger partial charge is 0.0617 e. The highest BCUT2D eigenvalue weighted by atomic mass is 13.9. The van der Waals surface area contributed by atoms with Crippen molar-refractivity contribution in [1.82, 2.24) is 0 Å². The highest BCUT2D eigenvalue weighted by Gasteiger charge is 1.80. The second kappa shape index (κ2) is 1.99. The highest BCUT2D eigenvalue weighted by Crippen LogP contribution is 2.00. The Morgan fingerprint density at radius 1 is 1.25 bits per heavy atom. The van der Waals surface area contributed by atoms with Gasteiger partial charge in [-0.1, -0.05) is 35.3 Å². The molecule has 1 aromatic carbocycles. The number of hydrogen-bond donors (Lipinski definition) is 0. The Kier molecular flexibility index (Phi) is 0.666. The quantitative estimate of drug-likeness (QED) is 0.479. The van der Waals surface area contributed by atoms with Crippen molar-refractivity contribution in [3.8, 4) is 0 Å². The van der Waals surface area contributed by atoms with Crippen LogP contribution in [0.3, 0.4) is 0 Å². The predicted octanol–water partition coefficient (Wildman–Crippen LogP) is 2.30. The van der Waals surface area contributed by atoms with Crippen LogP contribution < -0.4 is 0 Å². The van der Waals surface area contributed by atoms with Crippen molar-refractivity contribution in [2.24, 2.45) is 0 Å². The minimum Gasteiger partial charge on any atom is -0.0617 e. The Hall–Kier alpha value is -0.780. The average molecular weight is 109 g/mol. The fourth-order valence-electron chi connectivity index (χ4n) is 0.606. The van der Waals surface area contributed by atoms with E-state index in [-0.39, 0.29) is 12.1 Å². The molecule has 0 saturated carbocycles. The molecule has 1 rings (SSSR count). The normalized spacial score (nSPS) is 14.5. The number of rotatable bonds is 0. The maximum Gasteiger partial charge on any atom is 0.0628 e. The van der Waals surface area contributed by atoms with Gasteiger partial charge in [-0.2, -0.15) is 0 Å². The molecule has 1 aromatic rings. The van der Waals surface area contributed by atoms with Crippen molar-refractivity contribution in [3.63, 3.8) is 0 Å². The molecule has 0 bridgehead atoms. The lowest BCUT2D eigenvalue weighted by atomic mass is 10.2. The molecule has 0 amide bonds. The molecule has 0 nitrogen and oxygen atoms in total. The molecule has 0 aliphatic rings. The zero-order valence-electron chi connectivity index (χ0n) is 8.08. The third-order valence-corrected chi connectivity index (χ3v) is 0.952. The largest absolute Gasteiger partial charge is 0.0628 e. The van der Waals surface area contributed by atoms with Crippen LogP contribution in [0.25, 0.3) is 0 Å². The summed E-state index contributed by atoms with van der Waals surface area (Å²) in [6, 6.07) is 2.36. The summed E-state index contributed by atoms with van der Waals surface area (Å²) in [5.41, 5.74) is 1.30. The minimum absolute atomic E-state index is 0.283. The Morgan fingerprint density at radius 3 is 2.25 bits per heavy atom. The molecule has 0 spiro atoms. The van der Waals surface area contributed by atoms with Crippen molar-refractivity contribution in [3.05, 3.63) is 35.3 Å². The van der Waals surface area contributed by atoms with Crippen LogP contribution in [0.15, 0.2) is 24.2 Å². The van der Waals surface area contributed by atoms with Gasteiger partial charge in [0.1, 0.15) is 0 Å². The second-order valence-electron chi connectivity index (χ2n) is 1.81. The Balaban J connectivity index is 3.46. The van der Waals surface area contributed by atoms with Crippen molar-refractivity contribution in [1.29, 1.82) is 0 Å². The van der Waals surface area contributed by atoms with Gasteiger partial charge in [-0.25, -0.2) is 0 Å². The van der Waals surface area contributed by atoms with Crippen molar-refractivity contribution in [2.75, 3.05) is 0 Å². The Morgan fingerprint density at radius 2 is 1.75 bits per heavy atom. The van der Waals surface area contributed by atoms with Gasteiger partial charge >= 0.3 is 0 Å². The third kappa shape index (κ3) is 1.09. The molecular formula is C8H10. The molecule has 8 heavy (non-hydrogen) atoms. The van der Waals surface area contributed by atoms with E-state index in [4.69, 9.17) is 4.11 Å². The fraction of sp³-hybridized carbons (Fsp3) is 0.250. The van der Waals surface area contributed by atoms with Gasteiger partial charge in [0, 0.05) is 0 Å². The molecule has 0 aliphatic carbocycles. The van der Waals surface area contributed by atoms with Crippen LogP contribution in [0, 0.1) is 13.8 Å². The number of hydrogen-bond acceptors (Lipinski definition) is 0. The maximum atomic E-state index is 7.49. The van der Waals surface area contributed by atoms with E-state index in [0.29, 0.717) is 17.2 Å². The molecule has 0 heteroatoms. The fourth-order valence-corrected chi connectivity index (χ4v) is 0.606. The van der Waals surface area contributed by atoms with E-state index in [1.165, 1.54) is 6.07 Å². The molecule has 0 atom stereocenters. The van der Waals surface area contributed by atoms with Gasteiger partial charge in [0.25, 0.3) is 0 Å². The summed E-state index contributed by atoms with van der Waals surface area (Å²) < 4.78 is 22.2. The van der Waals surface area contributed by atoms with Crippen LogP contribution >= 0.6 is 0 Å². The summed E-state index contributed by atoms with van der Waals surface area (Å²) in [6.45, 7) is 3.47. The van der Waals surface area contributed by atoms with Gasteiger partial charge in [0.05, 0.1) is 4.11 Å². The molecule has 42 valence electrons. The van der Waals surface area contributed by atoms with E-state index in [2.05, 4.69) is 0 Å². The molecule has 0 heterocycles. The van der Waals surface area contributed by atoms with Gasteiger partial charge < -0.3 is 0 Å². The molecule has 0 aromatic heterocycles. The summed E-state index contributed by atoms with van der Waals surface area (Å²) in [5, 5.41) is 0. The van der Waals surface area contributed by atoms with E-state index < -0.39 is 0 Å². The maximum absolute atomic E-state index is 7.49. The SMILES string of the molecule is [2H]c1cc([2H])c(C)c([2H])c1C. The third-order valence-electron chi connectivity index (χ3n) is 0.952. The molecule has 0 aliphatic heterocycles. The lowest BCUT2D eigenvalue weighted by molar-refractivity contribution is 1.39. The van der Waals surface area contributed by atoms with Crippen LogP contribution in [0.2, 0.25) is 0 Å². The standard InChI is InChI=1S/C8H10/c1-7-4-3-5-8(2)6-7/h3-6H,1-2H3/i4D,5D,6D. The van der Waals surface area contributed by atoms with Gasteiger partial charge in [0.15, 0.2) is 0 Å². The minimum atomic E-state index is 0.283. The highest BCUT2D eigenvalue weighted by molar-refractivity contribution is 5.20. The lowest BCUT2D eigenvalue weighted by Crippen LogP contribution is -1.71. The number of benzene rings is 1. The first-order valence-electron chi connectivity index (χ1n) is 4.08. The van der Waals surface area contributed by atoms with E-state index in [1.54, 1.807) is 13.8 Å². The van der Waals surface area contributed by atoms with Gasteiger partial charge in [-0.05, 0) is 13.8 Å². The zero-order chi connectivity index (χ0) is 8.59. The van der Waals surface area contributed by atoms with Crippen LogP contribution in [-0.2, 0) is 0 Å². The topological polar surface area (TPSA) is 0 Å². The van der Waals surface area contributed by atoms with Crippen molar-refractivity contribution in [2.45, 2.75) is 13.8 Å². The van der Waals surface area contributed by atoms with Crippen LogP contribution in [-0.4, -0.2) is 0 Å². The molecular weight excluding hydrogens is 96.1 g/mol. The zero-order valence-corrected chi connectivity index (χ0v) is 5.08. The van der Waals surface area contributed by atoms with Gasteiger partial charge in [-0.3, -0.25) is 0 Å². The Bertz CT molecular complexity index is 266. The van der Waals surface area contributed by atoms with Crippen LogP contribution in [0.4, 0.5) is 0 Å². The van der Waals surface area contributed by atoms with E-state index in [9.17, 15) is 0 Å². The Labute approximate surface area is 54.4 Å². The first-order chi connectivity index (χ1) is 5.04. The summed E-state index contributed by atoms with van der Waals surface area (Å²) in [5.74, 6) is 0. The average Bonchev–Trinajstić information content (AvgIpc) is 1.97. The summed E-state index contributed by atoms with van der Waals surface area (Å²) in [6.07, 6.45) is 0. The van der Waals surface area contributed by atoms with Crippen LogP contribution in [0.5, 0.6) is 0 Å². The molecule has 0 unspecified atom stereocenters. The van der Waals surface area contributed by atoms with Crippen molar-refractivity contribution < 1.29 is 4.11 Å². The monoisotopic (exact) mass is 109 g/mol. The van der Waals surface area contributed by atoms with E-state index in [0.717, 1.165) is 0 Å². The second-order valence-corrected chi connectivity index (χ2v) is 1.81. The summed E-state index contributed by atoms with van der Waals surface area (Å²) in [7, 11) is 0. The molecule has 0 saturated heterocycles. The lowest BCUT2D eigenvalue weighted by Gasteiger charge is -1.90.